The Balaban J connectivity index is 1.25. The van der Waals surface area contributed by atoms with Crippen molar-refractivity contribution in [1.29, 1.82) is 0 Å². The van der Waals surface area contributed by atoms with Crippen molar-refractivity contribution in [3.8, 4) is 17.0 Å². The van der Waals surface area contributed by atoms with Gasteiger partial charge < -0.3 is 10.1 Å². The van der Waals surface area contributed by atoms with E-state index in [4.69, 9.17) is 4.74 Å². The van der Waals surface area contributed by atoms with Crippen LogP contribution in [0, 0.1) is 0 Å². The Hall–Kier alpha value is -3.53. The van der Waals surface area contributed by atoms with Gasteiger partial charge in [0.1, 0.15) is 11.8 Å². The SMILES string of the molecule is COc1ccc(S(=O)(=O)N2CCCC2C(=O)Nc2nc(-c3ccc(Cc4ccccc4)cc3)cs2)cc1. The maximum Gasteiger partial charge on any atom is 0.244 e. The van der Waals surface area contributed by atoms with E-state index in [0.717, 1.165) is 17.7 Å². The van der Waals surface area contributed by atoms with Gasteiger partial charge in [0.15, 0.2) is 5.13 Å². The second-order valence-electron chi connectivity index (χ2n) is 8.84. The van der Waals surface area contributed by atoms with E-state index in [-0.39, 0.29) is 10.8 Å². The summed E-state index contributed by atoms with van der Waals surface area (Å²) in [5.74, 6) is 0.203. The van der Waals surface area contributed by atoms with Crippen LogP contribution in [0.1, 0.15) is 24.0 Å². The number of hydrogen-bond acceptors (Lipinski definition) is 6. The zero-order chi connectivity index (χ0) is 25.8. The van der Waals surface area contributed by atoms with E-state index in [1.54, 1.807) is 12.1 Å². The first-order valence-corrected chi connectivity index (χ1v) is 14.3. The molecule has 3 aromatic carbocycles. The molecule has 1 unspecified atom stereocenters. The molecule has 1 aromatic heterocycles. The van der Waals surface area contributed by atoms with Crippen molar-refractivity contribution in [3.63, 3.8) is 0 Å². The van der Waals surface area contributed by atoms with Gasteiger partial charge in [0, 0.05) is 17.5 Å². The van der Waals surface area contributed by atoms with Crippen LogP contribution < -0.4 is 10.1 Å². The lowest BCUT2D eigenvalue weighted by molar-refractivity contribution is -0.119. The average Bonchev–Trinajstić information content (AvgIpc) is 3.60. The molecule has 1 saturated heterocycles. The molecule has 4 aromatic rings. The fourth-order valence-corrected chi connectivity index (χ4v) is 6.83. The Kier molecular flexibility index (Phi) is 7.36. The van der Waals surface area contributed by atoms with Crippen molar-refractivity contribution in [2.24, 2.45) is 0 Å². The van der Waals surface area contributed by atoms with Crippen LogP contribution in [0.4, 0.5) is 5.13 Å². The van der Waals surface area contributed by atoms with Gasteiger partial charge in [0.2, 0.25) is 15.9 Å². The second-order valence-corrected chi connectivity index (χ2v) is 11.6. The molecule has 2 heterocycles. The van der Waals surface area contributed by atoms with Gasteiger partial charge in [-0.15, -0.1) is 11.3 Å². The third kappa shape index (κ3) is 5.58. The second kappa shape index (κ2) is 10.8. The van der Waals surface area contributed by atoms with Gasteiger partial charge in [0.05, 0.1) is 17.7 Å². The standard InChI is InChI=1S/C28H27N3O4S2/c1-35-23-13-15-24(16-14-23)37(33,34)31-17-5-8-26(31)27(32)30-28-29-25(19-36-28)22-11-9-21(10-12-22)18-20-6-3-2-4-7-20/h2-4,6-7,9-16,19,26H,5,8,17-18H2,1H3,(H,29,30,32). The van der Waals surface area contributed by atoms with E-state index in [1.165, 1.54) is 46.0 Å². The summed E-state index contributed by atoms with van der Waals surface area (Å²) in [4.78, 5) is 17.8. The molecule has 1 aliphatic heterocycles. The number of sulfonamides is 1. The molecule has 7 nitrogen and oxygen atoms in total. The lowest BCUT2D eigenvalue weighted by Gasteiger charge is -2.23. The lowest BCUT2D eigenvalue weighted by atomic mass is 10.0. The van der Waals surface area contributed by atoms with Crippen LogP contribution in [0.5, 0.6) is 5.75 Å². The summed E-state index contributed by atoms with van der Waals surface area (Å²) in [7, 11) is -2.29. The van der Waals surface area contributed by atoms with Crippen LogP contribution in [-0.2, 0) is 21.2 Å². The van der Waals surface area contributed by atoms with Gasteiger partial charge in [-0.25, -0.2) is 13.4 Å². The van der Waals surface area contributed by atoms with Gasteiger partial charge >= 0.3 is 0 Å². The predicted molar refractivity (Wildman–Crippen MR) is 145 cm³/mol. The van der Waals surface area contributed by atoms with E-state index in [1.807, 2.05) is 35.7 Å². The number of ether oxygens (including phenoxy) is 1. The minimum absolute atomic E-state index is 0.139. The van der Waals surface area contributed by atoms with E-state index in [2.05, 4.69) is 34.6 Å². The number of methoxy groups -OCH3 is 1. The Morgan fingerprint density at radius 1 is 1.03 bits per heavy atom. The Bertz CT molecular complexity index is 1470. The van der Waals surface area contributed by atoms with Crippen molar-refractivity contribution in [2.45, 2.75) is 30.2 Å². The monoisotopic (exact) mass is 533 g/mol. The van der Waals surface area contributed by atoms with E-state index >= 15 is 0 Å². The van der Waals surface area contributed by atoms with Crippen molar-refractivity contribution in [2.75, 3.05) is 19.0 Å². The first-order chi connectivity index (χ1) is 17.9. The Morgan fingerprint density at radius 2 is 1.73 bits per heavy atom. The number of nitrogens with zero attached hydrogens (tertiary/aromatic N) is 2. The molecule has 37 heavy (non-hydrogen) atoms. The molecule has 9 heteroatoms. The molecule has 1 amide bonds. The highest BCUT2D eigenvalue weighted by atomic mass is 32.2. The van der Waals surface area contributed by atoms with E-state index < -0.39 is 16.1 Å². The molecule has 0 aliphatic carbocycles. The zero-order valence-electron chi connectivity index (χ0n) is 20.3. The molecule has 0 saturated carbocycles. The summed E-state index contributed by atoms with van der Waals surface area (Å²) in [6.45, 7) is 0.297. The summed E-state index contributed by atoms with van der Waals surface area (Å²) >= 11 is 1.32. The number of nitrogens with one attached hydrogen (secondary N) is 1. The summed E-state index contributed by atoms with van der Waals surface area (Å²) in [6, 6.07) is 23.9. The van der Waals surface area contributed by atoms with Gasteiger partial charge in [-0.3, -0.25) is 4.79 Å². The van der Waals surface area contributed by atoms with Crippen LogP contribution in [-0.4, -0.2) is 43.3 Å². The van der Waals surface area contributed by atoms with Gasteiger partial charge in [-0.05, 0) is 54.7 Å². The van der Waals surface area contributed by atoms with Crippen LogP contribution in [0.25, 0.3) is 11.3 Å². The normalized spacial score (nSPS) is 16.0. The summed E-state index contributed by atoms with van der Waals surface area (Å²) in [5, 5.41) is 5.17. The lowest BCUT2D eigenvalue weighted by Crippen LogP contribution is -2.43. The first-order valence-electron chi connectivity index (χ1n) is 12.0. The molecule has 1 fully saturated rings. The van der Waals surface area contributed by atoms with Gasteiger partial charge in [-0.1, -0.05) is 54.6 Å². The van der Waals surface area contributed by atoms with Crippen molar-refractivity contribution >= 4 is 32.4 Å². The molecular formula is C28H27N3O4S2. The molecule has 5 rings (SSSR count). The molecule has 1 N–H and O–H groups in total. The van der Waals surface area contributed by atoms with Gasteiger partial charge in [0.25, 0.3) is 0 Å². The van der Waals surface area contributed by atoms with Crippen LogP contribution >= 0.6 is 11.3 Å². The van der Waals surface area contributed by atoms with Crippen LogP contribution in [0.3, 0.4) is 0 Å². The fourth-order valence-electron chi connectivity index (χ4n) is 4.45. The number of anilines is 1. The number of aromatic nitrogens is 1. The molecule has 1 aliphatic rings. The highest BCUT2D eigenvalue weighted by Gasteiger charge is 2.39. The molecule has 0 bridgehead atoms. The van der Waals surface area contributed by atoms with Gasteiger partial charge in [-0.2, -0.15) is 4.31 Å². The smallest absolute Gasteiger partial charge is 0.244 e. The summed E-state index contributed by atoms with van der Waals surface area (Å²) < 4.78 is 32.9. The largest absolute Gasteiger partial charge is 0.497 e. The molecular weight excluding hydrogens is 506 g/mol. The highest BCUT2D eigenvalue weighted by Crippen LogP contribution is 2.30. The number of rotatable bonds is 8. The Morgan fingerprint density at radius 3 is 2.43 bits per heavy atom. The predicted octanol–water partition coefficient (Wildman–Crippen LogP) is 5.20. The molecule has 1 atom stereocenters. The Labute approximate surface area is 220 Å². The number of benzene rings is 3. The maximum absolute atomic E-state index is 13.2. The van der Waals surface area contributed by atoms with E-state index in [9.17, 15) is 13.2 Å². The van der Waals surface area contributed by atoms with Crippen molar-refractivity contribution in [3.05, 3.63) is 95.4 Å². The number of thiazole rings is 1. The fraction of sp³-hybridized carbons (Fsp3) is 0.214. The number of hydrogen-bond donors (Lipinski definition) is 1. The molecule has 0 spiro atoms. The van der Waals surface area contributed by atoms with Crippen LogP contribution in [0.2, 0.25) is 0 Å². The summed E-state index contributed by atoms with van der Waals surface area (Å²) in [5.41, 5.74) is 4.18. The minimum Gasteiger partial charge on any atom is -0.497 e. The highest BCUT2D eigenvalue weighted by molar-refractivity contribution is 7.89. The molecule has 0 radical (unpaired) electrons. The van der Waals surface area contributed by atoms with Crippen molar-refractivity contribution in [1.82, 2.24) is 9.29 Å². The zero-order valence-corrected chi connectivity index (χ0v) is 22.0. The number of amides is 1. The minimum atomic E-state index is -3.81. The van der Waals surface area contributed by atoms with Crippen LogP contribution in [0.15, 0.2) is 89.1 Å². The van der Waals surface area contributed by atoms with E-state index in [0.29, 0.717) is 30.3 Å². The third-order valence-electron chi connectivity index (χ3n) is 6.41. The number of carbonyl (C=O) groups is 1. The number of carbonyl (C=O) groups excluding carboxylic acids is 1. The third-order valence-corrected chi connectivity index (χ3v) is 9.09. The molecule has 190 valence electrons. The summed E-state index contributed by atoms with van der Waals surface area (Å²) in [6.07, 6.45) is 1.94. The first kappa shape index (κ1) is 25.1. The topological polar surface area (TPSA) is 88.6 Å². The quantitative estimate of drug-likeness (QED) is 0.336. The maximum atomic E-state index is 13.2. The average molecular weight is 534 g/mol. The van der Waals surface area contributed by atoms with Crippen molar-refractivity contribution < 1.29 is 17.9 Å².